The van der Waals surface area contributed by atoms with Crippen molar-refractivity contribution in [3.63, 3.8) is 0 Å². The van der Waals surface area contributed by atoms with E-state index in [-0.39, 0.29) is 5.91 Å². The molecule has 1 amide bonds. The number of pyridine rings is 1. The van der Waals surface area contributed by atoms with Gasteiger partial charge in [0, 0.05) is 22.9 Å². The zero-order valence-electron chi connectivity index (χ0n) is 13.8. The number of hydrogen-bond donors (Lipinski definition) is 2. The number of benzene rings is 1. The predicted molar refractivity (Wildman–Crippen MR) is 98.0 cm³/mol. The van der Waals surface area contributed by atoms with E-state index in [4.69, 9.17) is 11.6 Å². The Morgan fingerprint density at radius 1 is 1.17 bits per heavy atom. The molecule has 0 aliphatic heterocycles. The van der Waals surface area contributed by atoms with Crippen LogP contribution in [0.25, 0.3) is 0 Å². The number of anilines is 2. The summed E-state index contributed by atoms with van der Waals surface area (Å²) < 4.78 is 0. The van der Waals surface area contributed by atoms with E-state index in [1.54, 1.807) is 12.3 Å². The Kier molecular flexibility index (Phi) is 5.36. The fourth-order valence-corrected chi connectivity index (χ4v) is 3.17. The van der Waals surface area contributed by atoms with Gasteiger partial charge in [0.15, 0.2) is 0 Å². The molecule has 2 aromatic rings. The van der Waals surface area contributed by atoms with Gasteiger partial charge in [0.25, 0.3) is 5.91 Å². The molecule has 0 saturated heterocycles. The molecule has 1 aromatic heterocycles. The molecule has 24 heavy (non-hydrogen) atoms. The molecule has 4 nitrogen and oxygen atoms in total. The van der Waals surface area contributed by atoms with Gasteiger partial charge in [-0.3, -0.25) is 4.79 Å². The number of aromatic nitrogens is 1. The van der Waals surface area contributed by atoms with Crippen molar-refractivity contribution in [2.75, 3.05) is 5.32 Å². The lowest BCUT2D eigenvalue weighted by molar-refractivity contribution is 0.0927. The quantitative estimate of drug-likeness (QED) is 0.834. The van der Waals surface area contributed by atoms with Crippen LogP contribution >= 0.6 is 11.6 Å². The van der Waals surface area contributed by atoms with Gasteiger partial charge in [-0.25, -0.2) is 4.98 Å². The summed E-state index contributed by atoms with van der Waals surface area (Å²) in [6, 6.07) is 9.62. The first kappa shape index (κ1) is 16.8. The van der Waals surface area contributed by atoms with Crippen molar-refractivity contribution in [3.05, 3.63) is 52.7 Å². The second-order valence-corrected chi connectivity index (χ2v) is 6.69. The van der Waals surface area contributed by atoms with Crippen LogP contribution in [0.1, 0.15) is 48.0 Å². The number of hydrogen-bond acceptors (Lipinski definition) is 3. The Balaban J connectivity index is 1.64. The van der Waals surface area contributed by atoms with Gasteiger partial charge < -0.3 is 10.6 Å². The maximum absolute atomic E-state index is 12.3. The molecule has 0 atom stereocenters. The number of nitrogens with one attached hydrogen (secondary N) is 2. The van der Waals surface area contributed by atoms with Crippen molar-refractivity contribution < 1.29 is 4.79 Å². The number of carbonyl (C=O) groups is 1. The normalized spacial score (nSPS) is 15.1. The molecule has 0 radical (unpaired) electrons. The van der Waals surface area contributed by atoms with E-state index < -0.39 is 0 Å². The third-order valence-corrected chi connectivity index (χ3v) is 4.91. The van der Waals surface area contributed by atoms with Gasteiger partial charge in [-0.05, 0) is 49.6 Å². The van der Waals surface area contributed by atoms with Crippen molar-refractivity contribution in [2.45, 2.75) is 45.1 Å². The lowest BCUT2D eigenvalue weighted by atomic mass is 9.95. The number of nitrogens with zero attached hydrogens (tertiary/aromatic N) is 1. The van der Waals surface area contributed by atoms with E-state index in [0.29, 0.717) is 22.4 Å². The van der Waals surface area contributed by atoms with Gasteiger partial charge in [0.1, 0.15) is 5.82 Å². The van der Waals surface area contributed by atoms with Crippen LogP contribution in [0.2, 0.25) is 5.02 Å². The van der Waals surface area contributed by atoms with Crippen molar-refractivity contribution in [3.8, 4) is 0 Å². The molecule has 1 heterocycles. The van der Waals surface area contributed by atoms with Crippen LogP contribution in [0.5, 0.6) is 0 Å². The van der Waals surface area contributed by atoms with Crippen LogP contribution in [-0.2, 0) is 0 Å². The highest BCUT2D eigenvalue weighted by atomic mass is 35.5. The third-order valence-electron chi connectivity index (χ3n) is 4.50. The summed E-state index contributed by atoms with van der Waals surface area (Å²) in [6.45, 7) is 1.96. The predicted octanol–water partition coefficient (Wildman–Crippen LogP) is 4.85. The first-order valence-electron chi connectivity index (χ1n) is 8.42. The highest BCUT2D eigenvalue weighted by Gasteiger charge is 2.16. The Morgan fingerprint density at radius 3 is 2.67 bits per heavy atom. The van der Waals surface area contributed by atoms with E-state index in [1.807, 2.05) is 31.2 Å². The summed E-state index contributed by atoms with van der Waals surface area (Å²) in [7, 11) is 0. The molecular weight excluding hydrogens is 322 g/mol. The molecule has 1 aromatic carbocycles. The minimum absolute atomic E-state index is 0.0418. The fourth-order valence-electron chi connectivity index (χ4n) is 3.00. The molecule has 1 aliphatic rings. The summed E-state index contributed by atoms with van der Waals surface area (Å²) >= 11 is 6.13. The van der Waals surface area contributed by atoms with E-state index >= 15 is 0 Å². The van der Waals surface area contributed by atoms with Crippen LogP contribution < -0.4 is 10.6 Å². The SMILES string of the molecule is Cc1c(Cl)cccc1Nc1ccc(C(=O)NC2CCCCC2)cn1. The lowest BCUT2D eigenvalue weighted by Crippen LogP contribution is -2.36. The molecule has 1 saturated carbocycles. The monoisotopic (exact) mass is 343 g/mol. The van der Waals surface area contributed by atoms with Crippen LogP contribution in [0.15, 0.2) is 36.5 Å². The Hall–Kier alpha value is -2.07. The first-order valence-corrected chi connectivity index (χ1v) is 8.80. The number of rotatable bonds is 4. The van der Waals surface area contributed by atoms with Gasteiger partial charge in [-0.15, -0.1) is 0 Å². The van der Waals surface area contributed by atoms with E-state index in [2.05, 4.69) is 15.6 Å². The molecule has 1 fully saturated rings. The van der Waals surface area contributed by atoms with Crippen LogP contribution in [0.3, 0.4) is 0 Å². The zero-order chi connectivity index (χ0) is 16.9. The molecular formula is C19H22ClN3O. The average Bonchev–Trinajstić information content (AvgIpc) is 2.60. The van der Waals surface area contributed by atoms with Crippen molar-refractivity contribution in [1.29, 1.82) is 0 Å². The van der Waals surface area contributed by atoms with Crippen LogP contribution in [0, 0.1) is 6.92 Å². The molecule has 0 unspecified atom stereocenters. The summed E-state index contributed by atoms with van der Waals surface area (Å²) in [6.07, 6.45) is 7.44. The van der Waals surface area contributed by atoms with Crippen molar-refractivity contribution in [2.24, 2.45) is 0 Å². The second-order valence-electron chi connectivity index (χ2n) is 6.28. The van der Waals surface area contributed by atoms with Gasteiger partial charge in [-0.2, -0.15) is 0 Å². The van der Waals surface area contributed by atoms with Gasteiger partial charge in [0.05, 0.1) is 5.56 Å². The zero-order valence-corrected chi connectivity index (χ0v) is 14.6. The minimum Gasteiger partial charge on any atom is -0.349 e. The second kappa shape index (κ2) is 7.67. The maximum atomic E-state index is 12.3. The van der Waals surface area contributed by atoms with E-state index in [1.165, 1.54) is 19.3 Å². The highest BCUT2D eigenvalue weighted by molar-refractivity contribution is 6.31. The van der Waals surface area contributed by atoms with Crippen LogP contribution in [-0.4, -0.2) is 16.9 Å². The van der Waals surface area contributed by atoms with E-state index in [0.717, 1.165) is 24.1 Å². The van der Waals surface area contributed by atoms with Gasteiger partial charge >= 0.3 is 0 Å². The summed E-state index contributed by atoms with van der Waals surface area (Å²) in [4.78, 5) is 16.6. The minimum atomic E-state index is -0.0418. The number of carbonyl (C=O) groups excluding carboxylic acids is 1. The molecule has 3 rings (SSSR count). The Labute approximate surface area is 147 Å². The maximum Gasteiger partial charge on any atom is 0.253 e. The number of amides is 1. The summed E-state index contributed by atoms with van der Waals surface area (Å²) in [5, 5.41) is 7.05. The first-order chi connectivity index (χ1) is 11.6. The molecule has 0 bridgehead atoms. The lowest BCUT2D eigenvalue weighted by Gasteiger charge is -2.22. The Morgan fingerprint density at radius 2 is 1.96 bits per heavy atom. The Bertz CT molecular complexity index is 709. The number of halogens is 1. The molecule has 5 heteroatoms. The van der Waals surface area contributed by atoms with Crippen molar-refractivity contribution in [1.82, 2.24) is 10.3 Å². The average molecular weight is 344 g/mol. The van der Waals surface area contributed by atoms with Crippen LogP contribution in [0.4, 0.5) is 11.5 Å². The third kappa shape index (κ3) is 4.06. The molecule has 126 valence electrons. The highest BCUT2D eigenvalue weighted by Crippen LogP contribution is 2.25. The molecule has 1 aliphatic carbocycles. The summed E-state index contributed by atoms with van der Waals surface area (Å²) in [5.74, 6) is 0.648. The fraction of sp³-hybridized carbons (Fsp3) is 0.368. The van der Waals surface area contributed by atoms with Crippen molar-refractivity contribution >= 4 is 29.0 Å². The summed E-state index contributed by atoms with van der Waals surface area (Å²) in [5.41, 5.74) is 2.48. The molecule has 0 spiro atoms. The standard InChI is InChI=1S/C19H22ClN3O/c1-13-16(20)8-5-9-17(13)23-18-11-10-14(12-21-18)19(24)22-15-6-3-2-4-7-15/h5,8-12,15H,2-4,6-7H2,1H3,(H,21,23)(H,22,24). The van der Waals surface area contributed by atoms with E-state index in [9.17, 15) is 4.79 Å². The molecule has 2 N–H and O–H groups in total. The van der Waals surface area contributed by atoms with Gasteiger partial charge in [-0.1, -0.05) is 36.9 Å². The van der Waals surface area contributed by atoms with Gasteiger partial charge in [0.2, 0.25) is 0 Å². The topological polar surface area (TPSA) is 54.0 Å². The largest absolute Gasteiger partial charge is 0.349 e. The smallest absolute Gasteiger partial charge is 0.253 e.